The normalized spacial score (nSPS) is 10.7. The molecule has 0 atom stereocenters. The molecular formula is C25H25N7O2S. The van der Waals surface area contributed by atoms with Gasteiger partial charge in [-0.3, -0.25) is 9.36 Å². The van der Waals surface area contributed by atoms with E-state index in [1.807, 2.05) is 74.7 Å². The molecule has 4 aromatic rings. The van der Waals surface area contributed by atoms with Crippen molar-refractivity contribution in [3.63, 3.8) is 0 Å². The number of ether oxygens (including phenoxy) is 1. The van der Waals surface area contributed by atoms with Crippen molar-refractivity contribution in [2.24, 2.45) is 0 Å². The van der Waals surface area contributed by atoms with Gasteiger partial charge in [-0.2, -0.15) is 9.94 Å². The van der Waals surface area contributed by atoms with Gasteiger partial charge in [0.1, 0.15) is 17.6 Å². The topological polar surface area (TPSA) is 111 Å². The van der Waals surface area contributed by atoms with Crippen LogP contribution in [0.3, 0.4) is 0 Å². The molecule has 2 aromatic carbocycles. The van der Waals surface area contributed by atoms with E-state index in [1.165, 1.54) is 11.8 Å². The lowest BCUT2D eigenvalue weighted by Gasteiger charge is -2.14. The number of methoxy groups -OCH3 is 1. The first-order chi connectivity index (χ1) is 16.8. The number of hydrogen-bond acceptors (Lipinski definition) is 7. The molecule has 0 radical (unpaired) electrons. The number of carbonyl (C=O) groups excluding carboxylic acids is 1. The summed E-state index contributed by atoms with van der Waals surface area (Å²) >= 11 is 1.23. The van der Waals surface area contributed by atoms with Crippen LogP contribution in [0.15, 0.2) is 47.6 Å². The summed E-state index contributed by atoms with van der Waals surface area (Å²) in [5.74, 6) is 0.961. The summed E-state index contributed by atoms with van der Waals surface area (Å²) in [6.07, 6.45) is 0. The van der Waals surface area contributed by atoms with Gasteiger partial charge in [-0.15, -0.1) is 5.10 Å². The molecule has 35 heavy (non-hydrogen) atoms. The molecule has 1 amide bonds. The maximum absolute atomic E-state index is 13.0. The molecule has 0 saturated carbocycles. The Morgan fingerprint density at radius 3 is 2.54 bits per heavy atom. The fourth-order valence-corrected chi connectivity index (χ4v) is 4.48. The number of carbonyl (C=O) groups is 1. The second kappa shape index (κ2) is 10.0. The third-order valence-electron chi connectivity index (χ3n) is 5.99. The number of nitriles is 1. The molecule has 0 aliphatic rings. The maximum atomic E-state index is 13.0. The van der Waals surface area contributed by atoms with Gasteiger partial charge in [-0.1, -0.05) is 23.9 Å². The van der Waals surface area contributed by atoms with Crippen LogP contribution in [-0.2, 0) is 4.79 Å². The fraction of sp³-hybridized carbons (Fsp3) is 0.240. The van der Waals surface area contributed by atoms with E-state index in [1.54, 1.807) is 11.8 Å². The van der Waals surface area contributed by atoms with E-state index in [-0.39, 0.29) is 11.7 Å². The van der Waals surface area contributed by atoms with Crippen LogP contribution in [0.4, 0.5) is 5.82 Å². The van der Waals surface area contributed by atoms with E-state index >= 15 is 0 Å². The highest BCUT2D eigenvalue weighted by atomic mass is 32.2. The lowest BCUT2D eigenvalue weighted by molar-refractivity contribution is -0.113. The average Bonchev–Trinajstić information content (AvgIpc) is 3.42. The van der Waals surface area contributed by atoms with Gasteiger partial charge in [-0.05, 0) is 85.1 Å². The van der Waals surface area contributed by atoms with Crippen molar-refractivity contribution in [1.82, 2.24) is 24.8 Å². The highest BCUT2D eigenvalue weighted by Gasteiger charge is 2.21. The zero-order valence-corrected chi connectivity index (χ0v) is 21.0. The molecule has 2 heterocycles. The Morgan fingerprint density at radius 2 is 1.86 bits per heavy atom. The number of nitrogens with zero attached hydrogens (tertiary/aromatic N) is 6. The highest BCUT2D eigenvalue weighted by Crippen LogP contribution is 2.31. The summed E-state index contributed by atoms with van der Waals surface area (Å²) in [5.41, 5.74) is 5.98. The molecule has 9 nitrogen and oxygen atoms in total. The minimum absolute atomic E-state index is 0.0714. The molecule has 0 spiro atoms. The van der Waals surface area contributed by atoms with Crippen LogP contribution in [0.25, 0.3) is 11.4 Å². The van der Waals surface area contributed by atoms with Crippen LogP contribution in [0.1, 0.15) is 27.9 Å². The maximum Gasteiger partial charge on any atom is 0.236 e. The largest absolute Gasteiger partial charge is 0.497 e. The van der Waals surface area contributed by atoms with Crippen LogP contribution >= 0.6 is 11.8 Å². The lowest BCUT2D eigenvalue weighted by atomic mass is 10.1. The van der Waals surface area contributed by atoms with Crippen LogP contribution < -0.4 is 10.1 Å². The average molecular weight is 488 g/mol. The van der Waals surface area contributed by atoms with Crippen LogP contribution in [0.2, 0.25) is 0 Å². The number of aryl methyl sites for hydroxylation is 1. The number of tetrazole rings is 1. The number of aromatic nitrogens is 5. The first-order valence-electron chi connectivity index (χ1n) is 10.9. The standard InChI is InChI=1S/C25H25N7O2S/c1-15-7-6-8-22(16(15)2)32-25(28-29-30-32)35-14-23(33)27-24-21(13-26)17(3)18(4)31(24)19-9-11-20(34-5)12-10-19/h6-12H,14H2,1-5H3,(H,27,33). The van der Waals surface area contributed by atoms with E-state index in [4.69, 9.17) is 4.74 Å². The Balaban J connectivity index is 1.58. The summed E-state index contributed by atoms with van der Waals surface area (Å²) in [6.45, 7) is 7.83. The van der Waals surface area contributed by atoms with Gasteiger partial charge in [0.2, 0.25) is 11.1 Å². The molecule has 0 bridgehead atoms. The molecule has 4 rings (SSSR count). The zero-order valence-electron chi connectivity index (χ0n) is 20.2. The van der Waals surface area contributed by atoms with Crippen molar-refractivity contribution in [3.8, 4) is 23.2 Å². The summed E-state index contributed by atoms with van der Waals surface area (Å²) in [6, 6.07) is 15.6. The number of thioether (sulfide) groups is 1. The van der Waals surface area contributed by atoms with Crippen LogP contribution in [-0.4, -0.2) is 43.5 Å². The van der Waals surface area contributed by atoms with E-state index in [9.17, 15) is 10.1 Å². The van der Waals surface area contributed by atoms with E-state index in [0.717, 1.165) is 39.5 Å². The van der Waals surface area contributed by atoms with Gasteiger partial charge in [0.15, 0.2) is 0 Å². The van der Waals surface area contributed by atoms with E-state index in [0.29, 0.717) is 16.5 Å². The minimum atomic E-state index is -0.269. The van der Waals surface area contributed by atoms with Gasteiger partial charge in [0.05, 0.1) is 24.1 Å². The van der Waals surface area contributed by atoms with Crippen molar-refractivity contribution in [3.05, 3.63) is 70.4 Å². The van der Waals surface area contributed by atoms with Gasteiger partial charge in [0, 0.05) is 11.4 Å². The van der Waals surface area contributed by atoms with Gasteiger partial charge in [-0.25, -0.2) is 0 Å². The first kappa shape index (κ1) is 24.0. The monoisotopic (exact) mass is 487 g/mol. The van der Waals surface area contributed by atoms with Crippen LogP contribution in [0.5, 0.6) is 5.75 Å². The fourth-order valence-electron chi connectivity index (χ4n) is 3.80. The van der Waals surface area contributed by atoms with Gasteiger partial charge in [0.25, 0.3) is 0 Å². The van der Waals surface area contributed by atoms with E-state index in [2.05, 4.69) is 26.9 Å². The van der Waals surface area contributed by atoms with Crippen molar-refractivity contribution < 1.29 is 9.53 Å². The zero-order chi connectivity index (χ0) is 25.1. The van der Waals surface area contributed by atoms with Crippen molar-refractivity contribution in [1.29, 1.82) is 5.26 Å². The number of nitrogens with one attached hydrogen (secondary N) is 1. The number of rotatable bonds is 7. The summed E-state index contributed by atoms with van der Waals surface area (Å²) in [7, 11) is 1.60. The third-order valence-corrected chi connectivity index (χ3v) is 6.91. The highest BCUT2D eigenvalue weighted by molar-refractivity contribution is 7.99. The molecule has 2 aromatic heterocycles. The Hall–Kier alpha value is -4.10. The molecule has 0 unspecified atom stereocenters. The Bertz CT molecular complexity index is 1430. The molecule has 0 aliphatic heterocycles. The number of anilines is 1. The predicted molar refractivity (Wildman–Crippen MR) is 134 cm³/mol. The molecule has 0 saturated heterocycles. The molecule has 1 N–H and O–H groups in total. The summed E-state index contributed by atoms with van der Waals surface area (Å²) in [4.78, 5) is 13.0. The second-order valence-corrected chi connectivity index (χ2v) is 8.95. The predicted octanol–water partition coefficient (Wildman–Crippen LogP) is 4.30. The van der Waals surface area contributed by atoms with Crippen LogP contribution in [0, 0.1) is 39.0 Å². The second-order valence-electron chi connectivity index (χ2n) is 8.01. The molecule has 0 fully saturated rings. The molecular weight excluding hydrogens is 462 g/mol. The van der Waals surface area contributed by atoms with Gasteiger partial charge >= 0.3 is 0 Å². The number of amides is 1. The summed E-state index contributed by atoms with van der Waals surface area (Å²) in [5, 5.41) is 25.2. The number of hydrogen-bond donors (Lipinski definition) is 1. The van der Waals surface area contributed by atoms with Crippen molar-refractivity contribution in [2.75, 3.05) is 18.2 Å². The quantitative estimate of drug-likeness (QED) is 0.387. The minimum Gasteiger partial charge on any atom is -0.497 e. The lowest BCUT2D eigenvalue weighted by Crippen LogP contribution is -2.18. The third kappa shape index (κ3) is 4.63. The Kier molecular flexibility index (Phi) is 6.89. The summed E-state index contributed by atoms with van der Waals surface area (Å²) < 4.78 is 8.76. The van der Waals surface area contributed by atoms with Crippen molar-refractivity contribution >= 4 is 23.5 Å². The number of benzene rings is 2. The smallest absolute Gasteiger partial charge is 0.236 e. The van der Waals surface area contributed by atoms with Gasteiger partial charge < -0.3 is 10.1 Å². The molecule has 178 valence electrons. The van der Waals surface area contributed by atoms with Crippen molar-refractivity contribution in [2.45, 2.75) is 32.9 Å². The Labute approximate surface area is 207 Å². The molecule has 10 heteroatoms. The van der Waals surface area contributed by atoms with E-state index < -0.39 is 0 Å². The Morgan fingerprint density at radius 1 is 1.11 bits per heavy atom. The SMILES string of the molecule is COc1ccc(-n2c(C)c(C)c(C#N)c2NC(=O)CSc2nnnn2-c2cccc(C)c2C)cc1. The first-order valence-corrected chi connectivity index (χ1v) is 11.9. The molecule has 0 aliphatic carbocycles.